The SMILES string of the molecule is CC1[C]c2ccccc2C1C. The van der Waals surface area contributed by atoms with E-state index < -0.39 is 0 Å². The van der Waals surface area contributed by atoms with E-state index in [0.717, 1.165) is 0 Å². The molecule has 2 atom stereocenters. The number of hydrogen-bond acceptors (Lipinski definition) is 0. The van der Waals surface area contributed by atoms with Gasteiger partial charge in [-0.1, -0.05) is 38.1 Å². The second-order valence-electron chi connectivity index (χ2n) is 3.31. The lowest BCUT2D eigenvalue weighted by atomic mass is 9.97. The lowest BCUT2D eigenvalue weighted by Crippen LogP contribution is -1.95. The van der Waals surface area contributed by atoms with Crippen LogP contribution in [0.5, 0.6) is 0 Å². The highest BCUT2D eigenvalue weighted by Crippen LogP contribution is 2.38. The first-order valence-corrected chi connectivity index (χ1v) is 4.14. The Morgan fingerprint density at radius 2 is 1.91 bits per heavy atom. The molecular weight excluding hydrogens is 132 g/mol. The fraction of sp³-hybridized carbons (Fsp3) is 0.364. The van der Waals surface area contributed by atoms with Crippen molar-refractivity contribution < 1.29 is 0 Å². The molecule has 0 aliphatic heterocycles. The Bertz CT molecular complexity index is 262. The molecule has 0 aromatic heterocycles. The van der Waals surface area contributed by atoms with Crippen molar-refractivity contribution in [1.82, 2.24) is 0 Å². The zero-order valence-electron chi connectivity index (χ0n) is 6.96. The first kappa shape index (κ1) is 6.90. The van der Waals surface area contributed by atoms with Gasteiger partial charge in [-0.25, -0.2) is 0 Å². The van der Waals surface area contributed by atoms with Gasteiger partial charge in [0.05, 0.1) is 0 Å². The van der Waals surface area contributed by atoms with Crippen LogP contribution in [0.1, 0.15) is 30.9 Å². The van der Waals surface area contributed by atoms with Crippen LogP contribution in [0.3, 0.4) is 0 Å². The molecule has 11 heavy (non-hydrogen) atoms. The van der Waals surface area contributed by atoms with E-state index in [1.54, 1.807) is 0 Å². The fourth-order valence-electron chi connectivity index (χ4n) is 1.67. The van der Waals surface area contributed by atoms with Crippen molar-refractivity contribution in [2.24, 2.45) is 5.92 Å². The molecule has 1 aliphatic rings. The standard InChI is InChI=1S/C11H12/c1-8-7-10-5-3-4-6-11(10)9(8)2/h3-6,8-9H,1-2H3. The van der Waals surface area contributed by atoms with Gasteiger partial charge in [0, 0.05) is 6.42 Å². The number of hydrogen-bond donors (Lipinski definition) is 0. The molecule has 0 saturated heterocycles. The largest absolute Gasteiger partial charge is 0.0620 e. The molecule has 2 rings (SSSR count). The Morgan fingerprint density at radius 1 is 1.18 bits per heavy atom. The average molecular weight is 144 g/mol. The van der Waals surface area contributed by atoms with E-state index in [1.165, 1.54) is 11.1 Å². The van der Waals surface area contributed by atoms with E-state index in [4.69, 9.17) is 0 Å². The van der Waals surface area contributed by atoms with Gasteiger partial charge in [-0.05, 0) is 23.0 Å². The monoisotopic (exact) mass is 144 g/mol. The molecule has 1 aromatic carbocycles. The van der Waals surface area contributed by atoms with Crippen molar-refractivity contribution in [3.8, 4) is 0 Å². The molecule has 56 valence electrons. The molecule has 0 saturated carbocycles. The van der Waals surface area contributed by atoms with E-state index in [9.17, 15) is 0 Å². The zero-order valence-corrected chi connectivity index (χ0v) is 6.96. The Hall–Kier alpha value is -0.780. The van der Waals surface area contributed by atoms with Crippen LogP contribution in [-0.4, -0.2) is 0 Å². The van der Waals surface area contributed by atoms with E-state index in [1.807, 2.05) is 0 Å². The van der Waals surface area contributed by atoms with Crippen LogP contribution in [0.2, 0.25) is 0 Å². The quantitative estimate of drug-likeness (QED) is 0.525. The average Bonchev–Trinajstić information content (AvgIpc) is 2.30. The summed E-state index contributed by atoms with van der Waals surface area (Å²) in [6, 6.07) is 8.54. The van der Waals surface area contributed by atoms with Crippen LogP contribution in [-0.2, 0) is 0 Å². The second-order valence-corrected chi connectivity index (χ2v) is 3.31. The van der Waals surface area contributed by atoms with E-state index in [-0.39, 0.29) is 0 Å². The first-order valence-electron chi connectivity index (χ1n) is 4.14. The van der Waals surface area contributed by atoms with Gasteiger partial charge in [-0.3, -0.25) is 0 Å². The van der Waals surface area contributed by atoms with Gasteiger partial charge >= 0.3 is 0 Å². The van der Waals surface area contributed by atoms with Gasteiger partial charge in [-0.15, -0.1) is 0 Å². The molecular formula is C11H12. The summed E-state index contributed by atoms with van der Waals surface area (Å²) in [5.74, 6) is 1.25. The highest BCUT2D eigenvalue weighted by atomic mass is 14.3. The summed E-state index contributed by atoms with van der Waals surface area (Å²) < 4.78 is 0. The number of rotatable bonds is 0. The molecule has 0 heteroatoms. The summed E-state index contributed by atoms with van der Waals surface area (Å²) in [5, 5.41) is 0. The lowest BCUT2D eigenvalue weighted by molar-refractivity contribution is 0.600. The minimum Gasteiger partial charge on any atom is -0.0620 e. The van der Waals surface area contributed by atoms with Crippen molar-refractivity contribution in [3.05, 3.63) is 41.8 Å². The zero-order chi connectivity index (χ0) is 7.84. The summed E-state index contributed by atoms with van der Waals surface area (Å²) >= 11 is 0. The number of benzene rings is 1. The summed E-state index contributed by atoms with van der Waals surface area (Å²) in [7, 11) is 0. The van der Waals surface area contributed by atoms with E-state index >= 15 is 0 Å². The van der Waals surface area contributed by atoms with Crippen molar-refractivity contribution in [1.29, 1.82) is 0 Å². The molecule has 2 radical (unpaired) electrons. The molecule has 2 unspecified atom stereocenters. The molecule has 0 fully saturated rings. The van der Waals surface area contributed by atoms with E-state index in [0.29, 0.717) is 11.8 Å². The highest BCUT2D eigenvalue weighted by Gasteiger charge is 2.25. The first-order chi connectivity index (χ1) is 5.29. The third kappa shape index (κ3) is 0.973. The minimum atomic E-state index is 0.590. The van der Waals surface area contributed by atoms with Crippen LogP contribution < -0.4 is 0 Å². The maximum Gasteiger partial charge on any atom is 0.0204 e. The maximum absolute atomic E-state index is 3.45. The molecule has 0 nitrogen and oxygen atoms in total. The Labute approximate surface area is 68.3 Å². The highest BCUT2D eigenvalue weighted by molar-refractivity contribution is 5.41. The smallest absolute Gasteiger partial charge is 0.0204 e. The van der Waals surface area contributed by atoms with Crippen LogP contribution >= 0.6 is 0 Å². The van der Waals surface area contributed by atoms with Gasteiger partial charge in [0.1, 0.15) is 0 Å². The third-order valence-electron chi connectivity index (χ3n) is 2.58. The van der Waals surface area contributed by atoms with Crippen LogP contribution in [0, 0.1) is 12.3 Å². The Morgan fingerprint density at radius 3 is 2.64 bits per heavy atom. The van der Waals surface area contributed by atoms with Gasteiger partial charge in [0.15, 0.2) is 0 Å². The molecule has 0 amide bonds. The Balaban J connectivity index is 2.47. The fourth-order valence-corrected chi connectivity index (χ4v) is 1.67. The van der Waals surface area contributed by atoms with Crippen LogP contribution in [0.25, 0.3) is 0 Å². The number of fused-ring (bicyclic) bond motifs is 1. The van der Waals surface area contributed by atoms with Crippen molar-refractivity contribution in [3.63, 3.8) is 0 Å². The minimum absolute atomic E-state index is 0.590. The van der Waals surface area contributed by atoms with Gasteiger partial charge in [-0.2, -0.15) is 0 Å². The molecule has 0 heterocycles. The van der Waals surface area contributed by atoms with E-state index in [2.05, 4.69) is 44.5 Å². The van der Waals surface area contributed by atoms with Gasteiger partial charge < -0.3 is 0 Å². The topological polar surface area (TPSA) is 0 Å². The van der Waals surface area contributed by atoms with Crippen molar-refractivity contribution in [2.75, 3.05) is 0 Å². The second kappa shape index (κ2) is 2.37. The third-order valence-corrected chi connectivity index (χ3v) is 2.58. The maximum atomic E-state index is 3.45. The summed E-state index contributed by atoms with van der Waals surface area (Å²) in [6.45, 7) is 4.49. The Kier molecular flexibility index (Phi) is 1.49. The molecule has 0 spiro atoms. The van der Waals surface area contributed by atoms with Crippen molar-refractivity contribution >= 4 is 0 Å². The van der Waals surface area contributed by atoms with Gasteiger partial charge in [0.25, 0.3) is 0 Å². The molecule has 1 aliphatic carbocycles. The van der Waals surface area contributed by atoms with Crippen LogP contribution in [0.15, 0.2) is 24.3 Å². The normalized spacial score (nSPS) is 28.5. The van der Waals surface area contributed by atoms with Crippen molar-refractivity contribution in [2.45, 2.75) is 19.8 Å². The molecule has 0 N–H and O–H groups in total. The summed E-state index contributed by atoms with van der Waals surface area (Å²) in [5.41, 5.74) is 2.77. The predicted molar refractivity (Wildman–Crippen MR) is 46.4 cm³/mol. The predicted octanol–water partition coefficient (Wildman–Crippen LogP) is 2.87. The lowest BCUT2D eigenvalue weighted by Gasteiger charge is -2.07. The summed E-state index contributed by atoms with van der Waals surface area (Å²) in [6.07, 6.45) is 3.45. The molecule has 0 bridgehead atoms. The van der Waals surface area contributed by atoms with Gasteiger partial charge in [0.2, 0.25) is 0 Å². The summed E-state index contributed by atoms with van der Waals surface area (Å²) in [4.78, 5) is 0. The molecule has 1 aromatic rings. The van der Waals surface area contributed by atoms with Crippen LogP contribution in [0.4, 0.5) is 0 Å².